The monoisotopic (exact) mass is 307 g/mol. The van der Waals surface area contributed by atoms with Gasteiger partial charge in [-0.2, -0.15) is 4.31 Å². The lowest BCUT2D eigenvalue weighted by molar-refractivity contribution is 0.402. The molecule has 0 amide bonds. The Bertz CT molecular complexity index is 547. The molecule has 1 aromatic rings. The number of rotatable bonds is 4. The van der Waals surface area contributed by atoms with Crippen LogP contribution < -0.4 is 5.32 Å². The molecule has 1 atom stereocenters. The summed E-state index contributed by atoms with van der Waals surface area (Å²) < 4.78 is 38.1. The van der Waals surface area contributed by atoms with Crippen molar-refractivity contribution in [2.24, 2.45) is 0 Å². The van der Waals surface area contributed by atoms with E-state index in [1.165, 1.54) is 16.8 Å². The minimum atomic E-state index is -3.22. The Hall–Kier alpha value is -0.920. The SMILES string of the molecule is CS(=O)(=O)N1CCC[C@@H]1CNc1c(F)cncc1Cl. The van der Waals surface area contributed by atoms with Gasteiger partial charge in [0.25, 0.3) is 0 Å². The second-order valence-corrected chi connectivity index (χ2v) is 6.87. The molecule has 1 aliphatic heterocycles. The highest BCUT2D eigenvalue weighted by Crippen LogP contribution is 2.25. The second-order valence-electron chi connectivity index (χ2n) is 4.53. The number of aromatic nitrogens is 1. The molecular formula is C11H15ClFN3O2S. The van der Waals surface area contributed by atoms with Crippen LogP contribution in [-0.4, -0.2) is 43.1 Å². The first-order valence-corrected chi connectivity index (χ1v) is 8.12. The highest BCUT2D eigenvalue weighted by atomic mass is 35.5. The molecule has 0 radical (unpaired) electrons. The van der Waals surface area contributed by atoms with Crippen LogP contribution in [0, 0.1) is 5.82 Å². The predicted octanol–water partition coefficient (Wildman–Crippen LogP) is 1.71. The highest BCUT2D eigenvalue weighted by Gasteiger charge is 2.31. The third-order valence-corrected chi connectivity index (χ3v) is 4.74. The zero-order valence-electron chi connectivity index (χ0n) is 10.4. The Labute approximate surface area is 116 Å². The lowest BCUT2D eigenvalue weighted by Crippen LogP contribution is -2.38. The molecule has 1 aromatic heterocycles. The molecule has 1 N–H and O–H groups in total. The predicted molar refractivity (Wildman–Crippen MR) is 72.3 cm³/mol. The lowest BCUT2D eigenvalue weighted by atomic mass is 10.2. The molecule has 1 saturated heterocycles. The molecular weight excluding hydrogens is 293 g/mol. The maximum Gasteiger partial charge on any atom is 0.211 e. The van der Waals surface area contributed by atoms with E-state index in [0.29, 0.717) is 13.1 Å². The number of pyridine rings is 1. The van der Waals surface area contributed by atoms with Crippen molar-refractivity contribution in [2.45, 2.75) is 18.9 Å². The molecule has 2 rings (SSSR count). The van der Waals surface area contributed by atoms with E-state index in [2.05, 4.69) is 10.3 Å². The number of nitrogens with one attached hydrogen (secondary N) is 1. The summed E-state index contributed by atoms with van der Waals surface area (Å²) in [7, 11) is -3.22. The van der Waals surface area contributed by atoms with Gasteiger partial charge in [-0.05, 0) is 12.8 Å². The summed E-state index contributed by atoms with van der Waals surface area (Å²) in [6.45, 7) is 0.839. The van der Waals surface area contributed by atoms with Gasteiger partial charge >= 0.3 is 0 Å². The smallest absolute Gasteiger partial charge is 0.211 e. The van der Waals surface area contributed by atoms with E-state index in [-0.39, 0.29) is 16.8 Å². The average molecular weight is 308 g/mol. The number of halogens is 2. The van der Waals surface area contributed by atoms with Crippen molar-refractivity contribution >= 4 is 27.3 Å². The van der Waals surface area contributed by atoms with Crippen LogP contribution in [0.25, 0.3) is 0 Å². The summed E-state index contributed by atoms with van der Waals surface area (Å²) in [6.07, 6.45) is 5.16. The molecule has 0 aromatic carbocycles. The van der Waals surface area contributed by atoms with Crippen LogP contribution >= 0.6 is 11.6 Å². The van der Waals surface area contributed by atoms with Crippen molar-refractivity contribution in [2.75, 3.05) is 24.7 Å². The second kappa shape index (κ2) is 5.60. The van der Waals surface area contributed by atoms with Gasteiger partial charge in [0.05, 0.1) is 23.2 Å². The van der Waals surface area contributed by atoms with Crippen molar-refractivity contribution in [1.82, 2.24) is 9.29 Å². The van der Waals surface area contributed by atoms with Gasteiger partial charge in [0.15, 0.2) is 5.82 Å². The number of hydrogen-bond acceptors (Lipinski definition) is 4. The van der Waals surface area contributed by atoms with Crippen LogP contribution in [-0.2, 0) is 10.0 Å². The topological polar surface area (TPSA) is 62.3 Å². The van der Waals surface area contributed by atoms with Gasteiger partial charge < -0.3 is 5.32 Å². The molecule has 5 nitrogen and oxygen atoms in total. The summed E-state index contributed by atoms with van der Waals surface area (Å²) in [4.78, 5) is 3.63. The largest absolute Gasteiger partial charge is 0.380 e. The molecule has 19 heavy (non-hydrogen) atoms. The molecule has 2 heterocycles. The summed E-state index contributed by atoms with van der Waals surface area (Å²) in [5.41, 5.74) is 0.164. The Morgan fingerprint density at radius 2 is 2.32 bits per heavy atom. The van der Waals surface area contributed by atoms with Crippen LogP contribution in [0.15, 0.2) is 12.4 Å². The number of sulfonamides is 1. The fourth-order valence-corrected chi connectivity index (χ4v) is 3.65. The van der Waals surface area contributed by atoms with E-state index in [1.54, 1.807) is 0 Å². The molecule has 8 heteroatoms. The molecule has 0 unspecified atom stereocenters. The summed E-state index contributed by atoms with van der Waals surface area (Å²) in [6, 6.07) is -0.168. The zero-order valence-corrected chi connectivity index (χ0v) is 12.0. The Morgan fingerprint density at radius 3 is 2.95 bits per heavy atom. The van der Waals surface area contributed by atoms with E-state index in [0.717, 1.165) is 19.0 Å². The van der Waals surface area contributed by atoms with Crippen molar-refractivity contribution in [3.63, 3.8) is 0 Å². The van der Waals surface area contributed by atoms with Crippen LogP contribution in [0.1, 0.15) is 12.8 Å². The fraction of sp³-hybridized carbons (Fsp3) is 0.545. The quantitative estimate of drug-likeness (QED) is 0.920. The van der Waals surface area contributed by atoms with Gasteiger partial charge in [-0.3, -0.25) is 4.98 Å². The zero-order chi connectivity index (χ0) is 14.0. The van der Waals surface area contributed by atoms with Crippen LogP contribution in [0.2, 0.25) is 5.02 Å². The first-order valence-electron chi connectivity index (χ1n) is 5.89. The summed E-state index contributed by atoms with van der Waals surface area (Å²) in [5.74, 6) is -0.545. The fourth-order valence-electron chi connectivity index (χ4n) is 2.25. The van der Waals surface area contributed by atoms with E-state index < -0.39 is 15.8 Å². The van der Waals surface area contributed by atoms with Crippen LogP contribution in [0.5, 0.6) is 0 Å². The van der Waals surface area contributed by atoms with Crippen LogP contribution in [0.4, 0.5) is 10.1 Å². The molecule has 0 saturated carbocycles. The summed E-state index contributed by atoms with van der Waals surface area (Å²) >= 11 is 5.84. The van der Waals surface area contributed by atoms with E-state index in [9.17, 15) is 12.8 Å². The molecule has 0 spiro atoms. The maximum atomic E-state index is 13.5. The Balaban J connectivity index is 2.07. The number of hydrogen-bond donors (Lipinski definition) is 1. The first-order chi connectivity index (χ1) is 8.89. The average Bonchev–Trinajstić information content (AvgIpc) is 2.76. The lowest BCUT2D eigenvalue weighted by Gasteiger charge is -2.23. The molecule has 0 aliphatic carbocycles. The number of nitrogens with zero attached hydrogens (tertiary/aromatic N) is 2. The third-order valence-electron chi connectivity index (χ3n) is 3.12. The van der Waals surface area contributed by atoms with Crippen LogP contribution in [0.3, 0.4) is 0 Å². The normalized spacial score (nSPS) is 20.7. The van der Waals surface area contributed by atoms with Crippen molar-refractivity contribution < 1.29 is 12.8 Å². The van der Waals surface area contributed by atoms with Crippen molar-refractivity contribution in [3.05, 3.63) is 23.2 Å². The van der Waals surface area contributed by atoms with Crippen molar-refractivity contribution in [3.8, 4) is 0 Å². The van der Waals surface area contributed by atoms with E-state index in [4.69, 9.17) is 11.6 Å². The van der Waals surface area contributed by atoms with E-state index >= 15 is 0 Å². The van der Waals surface area contributed by atoms with Gasteiger partial charge in [0, 0.05) is 25.3 Å². The van der Waals surface area contributed by atoms with Gasteiger partial charge in [-0.15, -0.1) is 0 Å². The maximum absolute atomic E-state index is 13.5. The molecule has 1 fully saturated rings. The number of anilines is 1. The Kier molecular flexibility index (Phi) is 4.27. The first kappa shape index (κ1) is 14.5. The molecule has 106 valence electrons. The summed E-state index contributed by atoms with van der Waals surface area (Å²) in [5, 5.41) is 3.06. The highest BCUT2D eigenvalue weighted by molar-refractivity contribution is 7.88. The van der Waals surface area contributed by atoms with Gasteiger partial charge in [-0.1, -0.05) is 11.6 Å². The minimum absolute atomic E-state index is 0.164. The van der Waals surface area contributed by atoms with Gasteiger partial charge in [0.1, 0.15) is 0 Å². The third kappa shape index (κ3) is 3.34. The minimum Gasteiger partial charge on any atom is -0.380 e. The standard InChI is InChI=1S/C11H15ClFN3O2S/c1-19(17,18)16-4-2-3-8(16)5-15-11-9(12)6-14-7-10(11)13/h6-8H,2-5H2,1H3,(H,14,15)/t8-/m1/s1. The van der Waals surface area contributed by atoms with Gasteiger partial charge in [-0.25, -0.2) is 12.8 Å². The van der Waals surface area contributed by atoms with Crippen molar-refractivity contribution in [1.29, 1.82) is 0 Å². The molecule has 0 bridgehead atoms. The molecule has 1 aliphatic rings. The van der Waals surface area contributed by atoms with Gasteiger partial charge in [0.2, 0.25) is 10.0 Å². The Morgan fingerprint density at radius 1 is 1.58 bits per heavy atom. The van der Waals surface area contributed by atoms with E-state index in [1.807, 2.05) is 0 Å².